The number of carbonyl (C=O) groups is 2. The normalized spacial score (nSPS) is 21.0. The summed E-state index contributed by atoms with van der Waals surface area (Å²) in [5.74, 6) is -0.234. The van der Waals surface area contributed by atoms with Gasteiger partial charge in [-0.2, -0.15) is 0 Å². The van der Waals surface area contributed by atoms with Gasteiger partial charge in [0.1, 0.15) is 12.2 Å². The zero-order valence-corrected chi connectivity index (χ0v) is 16.4. The van der Waals surface area contributed by atoms with Gasteiger partial charge in [-0.05, 0) is 37.2 Å². The third-order valence-electron chi connectivity index (χ3n) is 5.07. The predicted octanol–water partition coefficient (Wildman–Crippen LogP) is 1.62. The molecular weight excluding hydrogens is 376 g/mol. The first-order valence-corrected chi connectivity index (χ1v) is 9.70. The largest absolute Gasteiger partial charge is 0.376 e. The number of fused-ring (bicyclic) bond motifs is 1. The van der Waals surface area contributed by atoms with E-state index in [9.17, 15) is 9.59 Å². The van der Waals surface area contributed by atoms with Gasteiger partial charge in [-0.15, -0.1) is 0 Å². The fraction of sp³-hybridized carbons (Fsp3) is 0.350. The summed E-state index contributed by atoms with van der Waals surface area (Å²) in [6, 6.07) is 7.81. The molecule has 2 fully saturated rings. The average molecular weight is 398 g/mol. The van der Waals surface area contributed by atoms with Crippen molar-refractivity contribution >= 4 is 46.1 Å². The second kappa shape index (κ2) is 7.73. The van der Waals surface area contributed by atoms with Crippen LogP contribution in [0, 0.1) is 0 Å². The van der Waals surface area contributed by atoms with Gasteiger partial charge in [0.05, 0.1) is 6.10 Å². The van der Waals surface area contributed by atoms with Crippen LogP contribution in [-0.4, -0.2) is 52.7 Å². The number of para-hydroxylation sites is 1. The number of thiocarbonyl (C=S) groups is 1. The van der Waals surface area contributed by atoms with Crippen LogP contribution in [0.3, 0.4) is 0 Å². The highest BCUT2D eigenvalue weighted by Crippen LogP contribution is 2.24. The highest BCUT2D eigenvalue weighted by atomic mass is 32.1. The molecule has 28 heavy (non-hydrogen) atoms. The molecule has 7 nitrogen and oxygen atoms in total. The quantitative estimate of drug-likeness (QED) is 0.591. The van der Waals surface area contributed by atoms with Crippen molar-refractivity contribution in [3.63, 3.8) is 0 Å². The lowest BCUT2D eigenvalue weighted by atomic mass is 10.1. The van der Waals surface area contributed by atoms with Crippen LogP contribution in [0.4, 0.5) is 0 Å². The Labute approximate surface area is 168 Å². The molecule has 2 aromatic rings. The van der Waals surface area contributed by atoms with E-state index in [1.54, 1.807) is 13.1 Å². The van der Waals surface area contributed by atoms with Crippen LogP contribution in [0.2, 0.25) is 0 Å². The molecule has 8 heteroatoms. The Morgan fingerprint density at radius 3 is 2.96 bits per heavy atom. The van der Waals surface area contributed by atoms with Crippen molar-refractivity contribution in [2.45, 2.75) is 25.5 Å². The Bertz CT molecular complexity index is 975. The molecule has 0 aliphatic carbocycles. The van der Waals surface area contributed by atoms with Gasteiger partial charge in [0.15, 0.2) is 5.11 Å². The average Bonchev–Trinajstić information content (AvgIpc) is 3.38. The fourth-order valence-electron chi connectivity index (χ4n) is 3.54. The Morgan fingerprint density at radius 1 is 1.43 bits per heavy atom. The lowest BCUT2D eigenvalue weighted by Gasteiger charge is -2.11. The van der Waals surface area contributed by atoms with Crippen LogP contribution in [0.25, 0.3) is 17.0 Å². The van der Waals surface area contributed by atoms with E-state index in [1.165, 1.54) is 4.90 Å². The first-order valence-electron chi connectivity index (χ1n) is 9.30. The number of benzene rings is 1. The first-order chi connectivity index (χ1) is 13.5. The van der Waals surface area contributed by atoms with Gasteiger partial charge in [0.25, 0.3) is 5.91 Å². The number of nitrogens with zero attached hydrogens (tertiary/aromatic N) is 2. The van der Waals surface area contributed by atoms with Crippen molar-refractivity contribution in [3.8, 4) is 0 Å². The first kappa shape index (κ1) is 18.6. The van der Waals surface area contributed by atoms with Gasteiger partial charge in [-0.25, -0.2) is 0 Å². The molecule has 0 bridgehead atoms. The number of amides is 2. The minimum absolute atomic E-state index is 0.0635. The smallest absolute Gasteiger partial charge is 0.276 e. The van der Waals surface area contributed by atoms with E-state index in [4.69, 9.17) is 17.0 Å². The second-order valence-electron chi connectivity index (χ2n) is 7.02. The van der Waals surface area contributed by atoms with Crippen LogP contribution in [0.15, 0.2) is 36.2 Å². The summed E-state index contributed by atoms with van der Waals surface area (Å²) < 4.78 is 7.44. The summed E-state index contributed by atoms with van der Waals surface area (Å²) in [5.41, 5.74) is 2.22. The molecule has 2 aliphatic rings. The van der Waals surface area contributed by atoms with Gasteiger partial charge in [-0.3, -0.25) is 14.5 Å². The lowest BCUT2D eigenvalue weighted by Crippen LogP contribution is -2.34. The minimum Gasteiger partial charge on any atom is -0.376 e. The van der Waals surface area contributed by atoms with E-state index >= 15 is 0 Å². The number of hydrogen-bond donors (Lipinski definition) is 2. The van der Waals surface area contributed by atoms with Crippen LogP contribution in [0.1, 0.15) is 18.4 Å². The second-order valence-corrected chi connectivity index (χ2v) is 7.41. The monoisotopic (exact) mass is 398 g/mol. The Kier molecular flexibility index (Phi) is 5.15. The van der Waals surface area contributed by atoms with Crippen LogP contribution in [0.5, 0.6) is 0 Å². The maximum Gasteiger partial charge on any atom is 0.276 e. The highest BCUT2D eigenvalue weighted by Gasteiger charge is 2.27. The van der Waals surface area contributed by atoms with Crippen LogP contribution < -0.4 is 10.6 Å². The van der Waals surface area contributed by atoms with Crippen molar-refractivity contribution in [3.05, 3.63) is 41.7 Å². The maximum atomic E-state index is 12.4. The van der Waals surface area contributed by atoms with E-state index < -0.39 is 0 Å². The minimum atomic E-state index is -0.170. The number of nitrogens with one attached hydrogen (secondary N) is 2. The van der Waals surface area contributed by atoms with Crippen LogP contribution in [-0.2, 0) is 20.9 Å². The molecule has 4 rings (SSSR count). The number of carbonyl (C=O) groups excluding carboxylic acids is 2. The molecule has 2 aliphatic heterocycles. The van der Waals surface area contributed by atoms with Crippen molar-refractivity contribution in [2.24, 2.45) is 0 Å². The maximum absolute atomic E-state index is 12.4. The van der Waals surface area contributed by atoms with Crippen molar-refractivity contribution in [2.75, 3.05) is 20.2 Å². The molecule has 0 radical (unpaired) electrons. The molecule has 1 aromatic carbocycles. The zero-order valence-electron chi connectivity index (χ0n) is 15.6. The third-order valence-corrected chi connectivity index (χ3v) is 5.44. The standard InChI is InChI=1S/C20H22N4O3S/c1-23-19(26)16(22-20(23)28)9-13-11-24(17-7-3-2-6-15(13)17)12-18(25)21-10-14-5-4-8-27-14/h2-3,6-7,9,11,14H,4-5,8,10,12H2,1H3,(H,21,25)(H,22,28)/b16-9-/t14-/m1/s1. The summed E-state index contributed by atoms with van der Waals surface area (Å²) in [4.78, 5) is 26.1. The van der Waals surface area contributed by atoms with Gasteiger partial charge in [0.2, 0.25) is 5.91 Å². The molecule has 2 N–H and O–H groups in total. The number of aromatic nitrogens is 1. The van der Waals surface area contributed by atoms with E-state index in [0.29, 0.717) is 17.4 Å². The van der Waals surface area contributed by atoms with Gasteiger partial charge in [-0.1, -0.05) is 18.2 Å². The summed E-state index contributed by atoms with van der Waals surface area (Å²) in [5, 5.41) is 7.24. The van der Waals surface area contributed by atoms with Crippen molar-refractivity contribution < 1.29 is 14.3 Å². The Hall–Kier alpha value is -2.71. The summed E-state index contributed by atoms with van der Waals surface area (Å²) in [6.07, 6.45) is 5.82. The number of likely N-dealkylation sites (N-methyl/N-ethyl adjacent to an activating group) is 1. The molecule has 3 heterocycles. The van der Waals surface area contributed by atoms with E-state index in [-0.39, 0.29) is 24.5 Å². The van der Waals surface area contributed by atoms with E-state index in [1.807, 2.05) is 35.0 Å². The molecule has 1 atom stereocenters. The predicted molar refractivity (Wildman–Crippen MR) is 110 cm³/mol. The van der Waals surface area contributed by atoms with Crippen molar-refractivity contribution in [1.29, 1.82) is 0 Å². The topological polar surface area (TPSA) is 75.6 Å². The molecule has 2 amide bonds. The van der Waals surface area contributed by atoms with Crippen molar-refractivity contribution in [1.82, 2.24) is 20.1 Å². The fourth-order valence-corrected chi connectivity index (χ4v) is 3.74. The lowest BCUT2D eigenvalue weighted by molar-refractivity contribution is -0.122. The third kappa shape index (κ3) is 3.65. The van der Waals surface area contributed by atoms with Gasteiger partial charge >= 0.3 is 0 Å². The SMILES string of the molecule is CN1C(=O)/C(=C/c2cn(CC(=O)NC[C@H]3CCCO3)c3ccccc23)NC1=S. The molecule has 0 saturated carbocycles. The molecule has 146 valence electrons. The summed E-state index contributed by atoms with van der Waals surface area (Å²) in [7, 11) is 1.64. The van der Waals surface area contributed by atoms with Crippen LogP contribution >= 0.6 is 12.2 Å². The van der Waals surface area contributed by atoms with E-state index in [0.717, 1.165) is 35.9 Å². The summed E-state index contributed by atoms with van der Waals surface area (Å²) >= 11 is 5.13. The number of hydrogen-bond acceptors (Lipinski definition) is 4. The molecule has 0 unspecified atom stereocenters. The number of ether oxygens (including phenoxy) is 1. The molecular formula is C20H22N4O3S. The molecule has 1 aromatic heterocycles. The Morgan fingerprint density at radius 2 is 2.25 bits per heavy atom. The molecule has 2 saturated heterocycles. The molecule has 0 spiro atoms. The van der Waals surface area contributed by atoms with E-state index in [2.05, 4.69) is 10.6 Å². The Balaban J connectivity index is 1.55. The number of rotatable bonds is 5. The van der Waals surface area contributed by atoms with Gasteiger partial charge in [0, 0.05) is 42.9 Å². The summed E-state index contributed by atoms with van der Waals surface area (Å²) in [6.45, 7) is 1.51. The zero-order chi connectivity index (χ0) is 19.7. The highest BCUT2D eigenvalue weighted by molar-refractivity contribution is 7.80. The van der Waals surface area contributed by atoms with Gasteiger partial charge < -0.3 is 19.9 Å².